The van der Waals surface area contributed by atoms with Crippen molar-refractivity contribution in [2.45, 2.75) is 31.5 Å². The number of likely N-dealkylation sites (tertiary alicyclic amines) is 1. The summed E-state index contributed by atoms with van der Waals surface area (Å²) in [4.78, 5) is 39.7. The number of carbonyl (C=O) groups excluding carboxylic acids is 3. The van der Waals surface area contributed by atoms with Crippen LogP contribution in [0, 0.1) is 11.3 Å². The highest BCUT2D eigenvalue weighted by Crippen LogP contribution is 2.19. The standard InChI is InChI=1S/C24H26N4O5/c1-32-21-12-6-5-11-19(21)22(29)27-20(23(30)28-13-7-10-18(28)14-25)15-26-24(31)33-16-17-8-3-2-4-9-17/h2-6,8-9,11-12,18,20H,7,10,13,15-16H2,1H3,(H,26,31)(H,27,29)/t18-,20-/m0/s1. The van der Waals surface area contributed by atoms with Gasteiger partial charge in [-0.1, -0.05) is 42.5 Å². The van der Waals surface area contributed by atoms with Gasteiger partial charge in [-0.3, -0.25) is 9.59 Å². The van der Waals surface area contributed by atoms with Crippen molar-refractivity contribution >= 4 is 17.9 Å². The molecule has 0 unspecified atom stereocenters. The molecule has 0 saturated carbocycles. The quantitative estimate of drug-likeness (QED) is 0.636. The molecule has 9 heteroatoms. The van der Waals surface area contributed by atoms with Crippen LogP contribution >= 0.6 is 0 Å². The molecule has 172 valence electrons. The first-order chi connectivity index (χ1) is 16.0. The molecule has 2 atom stereocenters. The lowest BCUT2D eigenvalue weighted by atomic mass is 10.1. The predicted octanol–water partition coefficient (Wildman–Crippen LogP) is 2.23. The second-order valence-electron chi connectivity index (χ2n) is 7.49. The maximum absolute atomic E-state index is 13.2. The molecule has 0 aromatic heterocycles. The van der Waals surface area contributed by atoms with Crippen LogP contribution in [0.25, 0.3) is 0 Å². The first-order valence-electron chi connectivity index (χ1n) is 10.6. The molecule has 9 nitrogen and oxygen atoms in total. The lowest BCUT2D eigenvalue weighted by Crippen LogP contribution is -2.54. The molecule has 0 aliphatic carbocycles. The van der Waals surface area contributed by atoms with Crippen LogP contribution in [0.1, 0.15) is 28.8 Å². The summed E-state index contributed by atoms with van der Waals surface area (Å²) < 4.78 is 10.4. The third-order valence-corrected chi connectivity index (χ3v) is 5.30. The highest BCUT2D eigenvalue weighted by atomic mass is 16.5. The number of hydrogen-bond acceptors (Lipinski definition) is 6. The van der Waals surface area contributed by atoms with Crippen LogP contribution in [0.15, 0.2) is 54.6 Å². The maximum Gasteiger partial charge on any atom is 0.407 e. The minimum absolute atomic E-state index is 0.0709. The van der Waals surface area contributed by atoms with E-state index in [1.54, 1.807) is 24.3 Å². The van der Waals surface area contributed by atoms with Gasteiger partial charge in [-0.05, 0) is 30.5 Å². The first-order valence-corrected chi connectivity index (χ1v) is 10.6. The zero-order valence-corrected chi connectivity index (χ0v) is 18.3. The fourth-order valence-corrected chi connectivity index (χ4v) is 3.59. The number of amides is 3. The maximum atomic E-state index is 13.2. The van der Waals surface area contributed by atoms with E-state index in [9.17, 15) is 19.6 Å². The molecule has 0 bridgehead atoms. The van der Waals surface area contributed by atoms with E-state index in [1.807, 2.05) is 30.3 Å². The zero-order chi connectivity index (χ0) is 23.6. The number of benzene rings is 2. The molecule has 2 aromatic rings. The number of carbonyl (C=O) groups is 3. The van der Waals surface area contributed by atoms with E-state index in [0.29, 0.717) is 25.1 Å². The number of nitrogens with zero attached hydrogens (tertiary/aromatic N) is 2. The van der Waals surface area contributed by atoms with Crippen molar-refractivity contribution in [1.29, 1.82) is 5.26 Å². The molecule has 1 heterocycles. The second-order valence-corrected chi connectivity index (χ2v) is 7.49. The van der Waals surface area contributed by atoms with E-state index in [-0.39, 0.29) is 18.7 Å². The smallest absolute Gasteiger partial charge is 0.407 e. The van der Waals surface area contributed by atoms with Crippen LogP contribution in [-0.2, 0) is 16.1 Å². The summed E-state index contributed by atoms with van der Waals surface area (Å²) in [6.07, 6.45) is 0.549. The summed E-state index contributed by atoms with van der Waals surface area (Å²) in [6, 6.07) is 16.3. The molecule has 1 fully saturated rings. The van der Waals surface area contributed by atoms with E-state index < -0.39 is 30.0 Å². The number of nitriles is 1. The first kappa shape index (κ1) is 23.6. The minimum atomic E-state index is -1.08. The molecule has 1 aliphatic rings. The Hall–Kier alpha value is -4.06. The Labute approximate surface area is 192 Å². The summed E-state index contributed by atoms with van der Waals surface area (Å²) in [5.74, 6) is -0.615. The normalized spacial score (nSPS) is 15.8. The van der Waals surface area contributed by atoms with Gasteiger partial charge in [-0.2, -0.15) is 5.26 Å². The predicted molar refractivity (Wildman–Crippen MR) is 119 cm³/mol. The Balaban J connectivity index is 1.68. The summed E-state index contributed by atoms with van der Waals surface area (Å²) >= 11 is 0. The average Bonchev–Trinajstić information content (AvgIpc) is 3.34. The van der Waals surface area contributed by atoms with Crippen molar-refractivity contribution in [3.05, 3.63) is 65.7 Å². The number of methoxy groups -OCH3 is 1. The summed E-state index contributed by atoms with van der Waals surface area (Å²) in [5.41, 5.74) is 1.07. The molecule has 2 aromatic carbocycles. The van der Waals surface area contributed by atoms with Crippen LogP contribution in [0.4, 0.5) is 4.79 Å². The molecule has 3 amide bonds. The van der Waals surface area contributed by atoms with Crippen LogP contribution in [0.3, 0.4) is 0 Å². The summed E-state index contributed by atoms with van der Waals surface area (Å²) in [6.45, 7) is 0.292. The van der Waals surface area contributed by atoms with Gasteiger partial charge < -0.3 is 25.0 Å². The Kier molecular flexibility index (Phi) is 8.24. The number of nitrogens with one attached hydrogen (secondary N) is 2. The number of hydrogen-bond donors (Lipinski definition) is 2. The van der Waals surface area contributed by atoms with E-state index >= 15 is 0 Å². The van der Waals surface area contributed by atoms with E-state index in [0.717, 1.165) is 5.56 Å². The molecular weight excluding hydrogens is 424 g/mol. The molecule has 0 radical (unpaired) electrons. The Bertz CT molecular complexity index is 1020. The van der Waals surface area contributed by atoms with Gasteiger partial charge in [0.1, 0.15) is 24.4 Å². The van der Waals surface area contributed by atoms with Crippen molar-refractivity contribution in [3.63, 3.8) is 0 Å². The van der Waals surface area contributed by atoms with Crippen molar-refractivity contribution in [2.24, 2.45) is 0 Å². The van der Waals surface area contributed by atoms with Gasteiger partial charge in [0.2, 0.25) is 5.91 Å². The Morgan fingerprint density at radius 2 is 1.88 bits per heavy atom. The average molecular weight is 450 g/mol. The van der Waals surface area contributed by atoms with Gasteiger partial charge in [0.25, 0.3) is 5.91 Å². The summed E-state index contributed by atoms with van der Waals surface area (Å²) in [7, 11) is 1.45. The molecule has 0 spiro atoms. The SMILES string of the molecule is COc1ccccc1C(=O)N[C@@H](CNC(=O)OCc1ccccc1)C(=O)N1CCC[C@H]1C#N. The Morgan fingerprint density at radius 1 is 1.15 bits per heavy atom. The van der Waals surface area contributed by atoms with Gasteiger partial charge in [-0.15, -0.1) is 0 Å². The van der Waals surface area contributed by atoms with Crippen molar-refractivity contribution in [3.8, 4) is 11.8 Å². The van der Waals surface area contributed by atoms with Gasteiger partial charge >= 0.3 is 6.09 Å². The molecule has 1 saturated heterocycles. The Morgan fingerprint density at radius 3 is 2.61 bits per heavy atom. The third-order valence-electron chi connectivity index (χ3n) is 5.30. The van der Waals surface area contributed by atoms with E-state index in [1.165, 1.54) is 12.0 Å². The van der Waals surface area contributed by atoms with Gasteiger partial charge in [0.15, 0.2) is 0 Å². The van der Waals surface area contributed by atoms with Gasteiger partial charge in [0.05, 0.1) is 25.3 Å². The fourth-order valence-electron chi connectivity index (χ4n) is 3.59. The monoisotopic (exact) mass is 450 g/mol. The molecule has 3 rings (SSSR count). The van der Waals surface area contributed by atoms with Gasteiger partial charge in [-0.25, -0.2) is 4.79 Å². The lowest BCUT2D eigenvalue weighted by molar-refractivity contribution is -0.133. The molecular formula is C24H26N4O5. The van der Waals surface area contributed by atoms with Crippen molar-refractivity contribution in [1.82, 2.24) is 15.5 Å². The topological polar surface area (TPSA) is 121 Å². The molecule has 33 heavy (non-hydrogen) atoms. The van der Waals surface area contributed by atoms with Crippen LogP contribution in [0.5, 0.6) is 5.75 Å². The number of ether oxygens (including phenoxy) is 2. The fraction of sp³-hybridized carbons (Fsp3) is 0.333. The highest BCUT2D eigenvalue weighted by Gasteiger charge is 2.34. The zero-order valence-electron chi connectivity index (χ0n) is 18.3. The van der Waals surface area contributed by atoms with Gasteiger partial charge in [0, 0.05) is 6.54 Å². The number of alkyl carbamates (subject to hydrolysis) is 1. The van der Waals surface area contributed by atoms with Crippen molar-refractivity contribution < 1.29 is 23.9 Å². The van der Waals surface area contributed by atoms with E-state index in [4.69, 9.17) is 9.47 Å². The minimum Gasteiger partial charge on any atom is -0.496 e. The van der Waals surface area contributed by atoms with Crippen molar-refractivity contribution in [2.75, 3.05) is 20.2 Å². The highest BCUT2D eigenvalue weighted by molar-refractivity contribution is 6.00. The second kappa shape index (κ2) is 11.5. The summed E-state index contributed by atoms with van der Waals surface area (Å²) in [5, 5.41) is 14.6. The largest absolute Gasteiger partial charge is 0.496 e. The number of rotatable bonds is 8. The lowest BCUT2D eigenvalue weighted by Gasteiger charge is -2.26. The molecule has 2 N–H and O–H groups in total. The number of para-hydroxylation sites is 1. The van der Waals surface area contributed by atoms with Crippen LogP contribution in [0.2, 0.25) is 0 Å². The van der Waals surface area contributed by atoms with Crippen LogP contribution < -0.4 is 15.4 Å². The third kappa shape index (κ3) is 6.23. The van der Waals surface area contributed by atoms with E-state index in [2.05, 4.69) is 16.7 Å². The van der Waals surface area contributed by atoms with Crippen LogP contribution in [-0.4, -0.2) is 55.1 Å². The molecule has 1 aliphatic heterocycles.